The Hall–Kier alpha value is -1.22. The Kier molecular flexibility index (Phi) is 98.5. The summed E-state index contributed by atoms with van der Waals surface area (Å²) in [6.45, 7) is -1.00. The van der Waals surface area contributed by atoms with E-state index in [2.05, 4.69) is 0 Å². The standard InChI is InChI=1S/2C2H6O2.2CH2O2/c2*3-1-2-4;2*2-1-3/h2*3-4H,1-2H2;2*1H,(H,2,3). The topological polar surface area (TPSA) is 156 Å². The van der Waals surface area contributed by atoms with Crippen LogP contribution in [0.2, 0.25) is 0 Å². The lowest BCUT2D eigenvalue weighted by Crippen LogP contribution is -1.85. The summed E-state index contributed by atoms with van der Waals surface area (Å²) in [5.74, 6) is 0. The number of hydrogen-bond acceptors (Lipinski definition) is 6. The number of carboxylic acid groups (broad SMARTS) is 2. The number of aliphatic hydroxyl groups excluding tert-OH is 4. The second-order valence-corrected chi connectivity index (χ2v) is 1.11. The molecule has 0 aliphatic heterocycles. The first kappa shape index (κ1) is 23.0. The highest BCUT2D eigenvalue weighted by atomic mass is 16.3. The Labute approximate surface area is 80.7 Å². The minimum Gasteiger partial charge on any atom is -0.483 e. The van der Waals surface area contributed by atoms with E-state index in [9.17, 15) is 0 Å². The van der Waals surface area contributed by atoms with Gasteiger partial charge < -0.3 is 30.6 Å². The summed E-state index contributed by atoms with van der Waals surface area (Å²) in [5, 5.41) is 44.3. The van der Waals surface area contributed by atoms with Crippen LogP contribution in [-0.2, 0) is 9.59 Å². The largest absolute Gasteiger partial charge is 0.483 e. The summed E-state index contributed by atoms with van der Waals surface area (Å²) in [5.41, 5.74) is 0. The predicted octanol–water partition coefficient (Wildman–Crippen LogP) is -2.66. The van der Waals surface area contributed by atoms with Gasteiger partial charge in [-0.1, -0.05) is 0 Å². The van der Waals surface area contributed by atoms with E-state index in [1.54, 1.807) is 0 Å². The van der Waals surface area contributed by atoms with Crippen molar-refractivity contribution in [3.63, 3.8) is 0 Å². The molecular weight excluding hydrogens is 200 g/mol. The zero-order chi connectivity index (χ0) is 12.2. The Morgan fingerprint density at radius 1 is 0.643 bits per heavy atom. The average Bonchev–Trinajstić information content (AvgIpc) is 2.20. The molecule has 0 saturated heterocycles. The van der Waals surface area contributed by atoms with Crippen LogP contribution in [0.4, 0.5) is 0 Å². The SMILES string of the molecule is O=CO.O=CO.OCCO.OCCO. The van der Waals surface area contributed by atoms with Crippen molar-refractivity contribution >= 4 is 12.9 Å². The molecule has 0 heterocycles. The molecule has 0 rings (SSSR count). The van der Waals surface area contributed by atoms with Crippen molar-refractivity contribution in [2.75, 3.05) is 26.4 Å². The molecule has 14 heavy (non-hydrogen) atoms. The molecule has 0 atom stereocenters. The highest BCUT2D eigenvalue weighted by Crippen LogP contribution is 1.40. The van der Waals surface area contributed by atoms with Crippen molar-refractivity contribution < 1.29 is 40.2 Å². The molecule has 0 aliphatic carbocycles. The molecule has 0 radical (unpaired) electrons. The van der Waals surface area contributed by atoms with Crippen LogP contribution in [0.25, 0.3) is 0 Å². The molecule has 0 bridgehead atoms. The lowest BCUT2D eigenvalue weighted by molar-refractivity contribution is -0.123. The Balaban J connectivity index is -0.0000000482. The number of hydrogen-bond donors (Lipinski definition) is 6. The third kappa shape index (κ3) is 1690. The van der Waals surface area contributed by atoms with Crippen LogP contribution in [-0.4, -0.2) is 70.0 Å². The third-order valence-corrected chi connectivity index (χ3v) is 0.200. The van der Waals surface area contributed by atoms with Crippen molar-refractivity contribution in [3.05, 3.63) is 0 Å². The fourth-order valence-electron chi connectivity index (χ4n) is 0. The molecule has 0 unspecified atom stereocenters. The molecule has 0 fully saturated rings. The van der Waals surface area contributed by atoms with E-state index in [1.165, 1.54) is 0 Å². The van der Waals surface area contributed by atoms with Gasteiger partial charge in [-0.05, 0) is 0 Å². The van der Waals surface area contributed by atoms with Gasteiger partial charge in [0.25, 0.3) is 12.9 Å². The van der Waals surface area contributed by atoms with Crippen molar-refractivity contribution in [3.8, 4) is 0 Å². The van der Waals surface area contributed by atoms with Crippen LogP contribution < -0.4 is 0 Å². The first-order chi connectivity index (χ1) is 6.66. The van der Waals surface area contributed by atoms with Crippen molar-refractivity contribution in [1.82, 2.24) is 0 Å². The van der Waals surface area contributed by atoms with Crippen LogP contribution in [0, 0.1) is 0 Å². The molecule has 8 nitrogen and oxygen atoms in total. The van der Waals surface area contributed by atoms with E-state index in [-0.39, 0.29) is 39.4 Å². The number of rotatable bonds is 2. The number of aliphatic hydroxyl groups is 4. The Morgan fingerprint density at radius 3 is 0.714 bits per heavy atom. The van der Waals surface area contributed by atoms with E-state index in [1.807, 2.05) is 0 Å². The fourth-order valence-corrected chi connectivity index (χ4v) is 0. The summed E-state index contributed by atoms with van der Waals surface area (Å²) in [6.07, 6.45) is 0. The average molecular weight is 216 g/mol. The van der Waals surface area contributed by atoms with Gasteiger partial charge in [0.05, 0.1) is 26.4 Å². The normalized spacial score (nSPS) is 6.00. The molecule has 0 aromatic heterocycles. The van der Waals surface area contributed by atoms with E-state index >= 15 is 0 Å². The van der Waals surface area contributed by atoms with Crippen LogP contribution in [0.3, 0.4) is 0 Å². The lowest BCUT2D eigenvalue weighted by atomic mass is 10.8. The monoisotopic (exact) mass is 216 g/mol. The smallest absolute Gasteiger partial charge is 0.290 e. The predicted molar refractivity (Wildman–Crippen MR) is 45.7 cm³/mol. The second-order valence-electron chi connectivity index (χ2n) is 1.11. The quantitative estimate of drug-likeness (QED) is 0.273. The molecule has 0 saturated carbocycles. The van der Waals surface area contributed by atoms with Gasteiger partial charge in [0, 0.05) is 0 Å². The summed E-state index contributed by atoms with van der Waals surface area (Å²) in [6, 6.07) is 0. The second kappa shape index (κ2) is 59.9. The van der Waals surface area contributed by atoms with Crippen LogP contribution >= 0.6 is 0 Å². The van der Waals surface area contributed by atoms with Gasteiger partial charge >= 0.3 is 0 Å². The summed E-state index contributed by atoms with van der Waals surface area (Å²) in [7, 11) is 0. The van der Waals surface area contributed by atoms with Gasteiger partial charge in [0.2, 0.25) is 0 Å². The highest BCUT2D eigenvalue weighted by molar-refractivity contribution is 5.32. The minimum atomic E-state index is -0.250. The molecule has 0 aromatic rings. The van der Waals surface area contributed by atoms with Gasteiger partial charge in [-0.25, -0.2) is 0 Å². The van der Waals surface area contributed by atoms with Gasteiger partial charge in [-0.2, -0.15) is 0 Å². The van der Waals surface area contributed by atoms with Crippen LogP contribution in [0.5, 0.6) is 0 Å². The molecule has 8 heteroatoms. The third-order valence-electron chi connectivity index (χ3n) is 0.200. The summed E-state index contributed by atoms with van der Waals surface area (Å²) in [4.78, 5) is 16.7. The summed E-state index contributed by atoms with van der Waals surface area (Å²) < 4.78 is 0. The molecule has 0 spiro atoms. The lowest BCUT2D eigenvalue weighted by Gasteiger charge is -1.70. The Morgan fingerprint density at radius 2 is 0.714 bits per heavy atom. The molecule has 0 aromatic carbocycles. The van der Waals surface area contributed by atoms with Gasteiger partial charge in [-0.15, -0.1) is 0 Å². The maximum absolute atomic E-state index is 8.36. The van der Waals surface area contributed by atoms with Crippen molar-refractivity contribution in [2.45, 2.75) is 0 Å². The summed E-state index contributed by atoms with van der Waals surface area (Å²) >= 11 is 0. The Bertz CT molecular complexity index is 62.2. The molecular formula is C6H16O8. The minimum absolute atomic E-state index is 0.125. The van der Waals surface area contributed by atoms with Crippen LogP contribution in [0.1, 0.15) is 0 Å². The maximum atomic E-state index is 8.36. The van der Waals surface area contributed by atoms with E-state index in [0.29, 0.717) is 0 Å². The van der Waals surface area contributed by atoms with E-state index < -0.39 is 0 Å². The highest BCUT2D eigenvalue weighted by Gasteiger charge is 1.58. The van der Waals surface area contributed by atoms with Gasteiger partial charge in [0.1, 0.15) is 0 Å². The molecule has 88 valence electrons. The van der Waals surface area contributed by atoms with Gasteiger partial charge in [0.15, 0.2) is 0 Å². The number of carbonyl (C=O) groups is 2. The molecule has 0 amide bonds. The maximum Gasteiger partial charge on any atom is 0.290 e. The first-order valence-corrected chi connectivity index (χ1v) is 3.25. The zero-order valence-electron chi connectivity index (χ0n) is 7.48. The molecule has 0 aliphatic rings. The van der Waals surface area contributed by atoms with Crippen molar-refractivity contribution in [1.29, 1.82) is 0 Å². The first-order valence-electron chi connectivity index (χ1n) is 3.25. The van der Waals surface area contributed by atoms with Crippen molar-refractivity contribution in [2.24, 2.45) is 0 Å². The van der Waals surface area contributed by atoms with E-state index in [4.69, 9.17) is 40.2 Å². The van der Waals surface area contributed by atoms with E-state index in [0.717, 1.165) is 0 Å². The van der Waals surface area contributed by atoms with Gasteiger partial charge in [-0.3, -0.25) is 9.59 Å². The fraction of sp³-hybridized carbons (Fsp3) is 0.667. The van der Waals surface area contributed by atoms with Crippen LogP contribution in [0.15, 0.2) is 0 Å². The molecule has 6 N–H and O–H groups in total. The zero-order valence-corrected chi connectivity index (χ0v) is 7.48.